The highest BCUT2D eigenvalue weighted by Gasteiger charge is 2.21. The van der Waals surface area contributed by atoms with Gasteiger partial charge in [0.2, 0.25) is 10.0 Å². The molecule has 7 nitrogen and oxygen atoms in total. The number of benzene rings is 1. The number of ether oxygens (including phenoxy) is 1. The van der Waals surface area contributed by atoms with Gasteiger partial charge in [-0.1, -0.05) is 0 Å². The summed E-state index contributed by atoms with van der Waals surface area (Å²) in [6, 6.07) is 4.91. The van der Waals surface area contributed by atoms with Crippen LogP contribution < -0.4 is 15.0 Å². The molecule has 1 N–H and O–H groups in total. The lowest BCUT2D eigenvalue weighted by Gasteiger charge is -2.13. The highest BCUT2D eigenvalue weighted by Crippen LogP contribution is 2.27. The fourth-order valence-corrected chi connectivity index (χ4v) is 4.35. The molecule has 0 saturated heterocycles. The van der Waals surface area contributed by atoms with Gasteiger partial charge in [0.25, 0.3) is 5.56 Å². The summed E-state index contributed by atoms with van der Waals surface area (Å²) in [5.74, 6) is 0.299. The van der Waals surface area contributed by atoms with Gasteiger partial charge in [0.1, 0.15) is 10.6 Å². The molecule has 0 aliphatic heterocycles. The second kappa shape index (κ2) is 7.20. The molecule has 0 spiro atoms. The second-order valence-electron chi connectivity index (χ2n) is 6.52. The average molecular weight is 377 g/mol. The van der Waals surface area contributed by atoms with Gasteiger partial charge in [-0.05, 0) is 61.9 Å². The first-order chi connectivity index (χ1) is 12.3. The van der Waals surface area contributed by atoms with E-state index >= 15 is 0 Å². The SMILES string of the molecule is COc1cc(C)c(C)cc1S(=O)(=O)NCCn1nc2c(cc1=O)CCC2. The third-order valence-electron chi connectivity index (χ3n) is 4.71. The molecule has 8 heteroatoms. The molecule has 0 amide bonds. The summed E-state index contributed by atoms with van der Waals surface area (Å²) < 4.78 is 34.3. The normalized spacial score (nSPS) is 13.7. The highest BCUT2D eigenvalue weighted by atomic mass is 32.2. The maximum Gasteiger partial charge on any atom is 0.267 e. The van der Waals surface area contributed by atoms with E-state index in [1.807, 2.05) is 13.8 Å². The molecule has 0 unspecified atom stereocenters. The second-order valence-corrected chi connectivity index (χ2v) is 8.25. The van der Waals surface area contributed by atoms with E-state index in [0.29, 0.717) is 5.75 Å². The molecule has 26 heavy (non-hydrogen) atoms. The van der Waals surface area contributed by atoms with Crippen LogP contribution in [0.1, 0.15) is 28.8 Å². The molecule has 1 aromatic heterocycles. The Morgan fingerprint density at radius 1 is 1.19 bits per heavy atom. The van der Waals surface area contributed by atoms with Crippen molar-refractivity contribution < 1.29 is 13.2 Å². The third kappa shape index (κ3) is 3.66. The summed E-state index contributed by atoms with van der Waals surface area (Å²) in [5, 5.41) is 4.35. The molecule has 140 valence electrons. The molecule has 0 radical (unpaired) electrons. The van der Waals surface area contributed by atoms with Crippen LogP contribution in [0.25, 0.3) is 0 Å². The Kier molecular flexibility index (Phi) is 5.15. The first kappa shape index (κ1) is 18.6. The van der Waals surface area contributed by atoms with Crippen molar-refractivity contribution in [2.24, 2.45) is 0 Å². The van der Waals surface area contributed by atoms with E-state index in [2.05, 4.69) is 9.82 Å². The van der Waals surface area contributed by atoms with Crippen molar-refractivity contribution in [1.29, 1.82) is 0 Å². The summed E-state index contributed by atoms with van der Waals surface area (Å²) in [5.41, 5.74) is 3.56. The Hall–Kier alpha value is -2.19. The highest BCUT2D eigenvalue weighted by molar-refractivity contribution is 7.89. The van der Waals surface area contributed by atoms with Gasteiger partial charge in [0.15, 0.2) is 0 Å². The van der Waals surface area contributed by atoms with Crippen molar-refractivity contribution in [2.45, 2.75) is 44.6 Å². The van der Waals surface area contributed by atoms with Crippen LogP contribution in [0, 0.1) is 13.8 Å². The minimum absolute atomic E-state index is 0.0735. The minimum Gasteiger partial charge on any atom is -0.495 e. The molecule has 1 aliphatic rings. The van der Waals surface area contributed by atoms with Crippen LogP contribution >= 0.6 is 0 Å². The molecular formula is C18H23N3O4S. The van der Waals surface area contributed by atoms with Crippen molar-refractivity contribution >= 4 is 10.0 Å². The van der Waals surface area contributed by atoms with Crippen molar-refractivity contribution in [3.8, 4) is 5.75 Å². The van der Waals surface area contributed by atoms with E-state index in [4.69, 9.17) is 4.74 Å². The fourth-order valence-electron chi connectivity index (χ4n) is 3.10. The van der Waals surface area contributed by atoms with Crippen molar-refractivity contribution in [2.75, 3.05) is 13.7 Å². The molecule has 0 saturated carbocycles. The molecule has 3 rings (SSSR count). The van der Waals surface area contributed by atoms with Crippen LogP contribution in [0.3, 0.4) is 0 Å². The zero-order valence-corrected chi connectivity index (χ0v) is 16.0. The molecule has 2 aromatic rings. The van der Waals surface area contributed by atoms with E-state index in [9.17, 15) is 13.2 Å². The van der Waals surface area contributed by atoms with Gasteiger partial charge >= 0.3 is 0 Å². The standard InChI is InChI=1S/C18H23N3O4S/c1-12-9-16(25-3)17(10-13(12)2)26(23,24)19-7-8-21-18(22)11-14-5-4-6-15(14)20-21/h9-11,19H,4-8H2,1-3H3. The summed E-state index contributed by atoms with van der Waals surface area (Å²) >= 11 is 0. The number of methoxy groups -OCH3 is 1. The summed E-state index contributed by atoms with van der Waals surface area (Å²) in [7, 11) is -2.31. The molecule has 1 heterocycles. The zero-order chi connectivity index (χ0) is 18.9. The number of aryl methyl sites for hydroxylation is 4. The summed E-state index contributed by atoms with van der Waals surface area (Å²) in [6.45, 7) is 4.00. The number of hydrogen-bond acceptors (Lipinski definition) is 5. The van der Waals surface area contributed by atoms with E-state index < -0.39 is 10.0 Å². The van der Waals surface area contributed by atoms with Crippen LogP contribution in [-0.4, -0.2) is 31.9 Å². The van der Waals surface area contributed by atoms with Gasteiger partial charge in [-0.2, -0.15) is 5.10 Å². The molecular weight excluding hydrogens is 354 g/mol. The predicted octanol–water partition coefficient (Wildman–Crippen LogP) is 1.34. The number of rotatable bonds is 6. The predicted molar refractivity (Wildman–Crippen MR) is 98.2 cm³/mol. The third-order valence-corrected chi connectivity index (χ3v) is 6.19. The van der Waals surface area contributed by atoms with Crippen molar-refractivity contribution in [1.82, 2.24) is 14.5 Å². The number of nitrogens with one attached hydrogen (secondary N) is 1. The molecule has 0 atom stereocenters. The van der Waals surface area contributed by atoms with Crippen LogP contribution in [-0.2, 0) is 29.4 Å². The van der Waals surface area contributed by atoms with Crippen LogP contribution in [0.5, 0.6) is 5.75 Å². The van der Waals surface area contributed by atoms with Gasteiger partial charge in [-0.25, -0.2) is 17.8 Å². The monoisotopic (exact) mass is 377 g/mol. The average Bonchev–Trinajstić information content (AvgIpc) is 3.03. The lowest BCUT2D eigenvalue weighted by atomic mass is 10.1. The largest absolute Gasteiger partial charge is 0.495 e. The number of nitrogens with zero attached hydrogens (tertiary/aromatic N) is 2. The minimum atomic E-state index is -3.75. The quantitative estimate of drug-likeness (QED) is 0.820. The maximum atomic E-state index is 12.6. The molecule has 1 aromatic carbocycles. The Morgan fingerprint density at radius 2 is 1.92 bits per heavy atom. The van der Waals surface area contributed by atoms with Gasteiger partial charge in [-0.15, -0.1) is 0 Å². The van der Waals surface area contributed by atoms with Crippen molar-refractivity contribution in [3.05, 3.63) is 50.9 Å². The lowest BCUT2D eigenvalue weighted by Crippen LogP contribution is -2.32. The van der Waals surface area contributed by atoms with Crippen molar-refractivity contribution in [3.63, 3.8) is 0 Å². The summed E-state index contributed by atoms with van der Waals surface area (Å²) in [6.07, 6.45) is 2.75. The van der Waals surface area contributed by atoms with Crippen LogP contribution in [0.2, 0.25) is 0 Å². The topological polar surface area (TPSA) is 90.3 Å². The van der Waals surface area contributed by atoms with E-state index in [1.54, 1.807) is 18.2 Å². The van der Waals surface area contributed by atoms with Gasteiger partial charge in [-0.3, -0.25) is 4.79 Å². The maximum absolute atomic E-state index is 12.6. The number of fused-ring (bicyclic) bond motifs is 1. The molecule has 1 aliphatic carbocycles. The van der Waals surface area contributed by atoms with Gasteiger partial charge in [0.05, 0.1) is 19.3 Å². The molecule has 0 bridgehead atoms. The Labute approximate surface area is 153 Å². The smallest absolute Gasteiger partial charge is 0.267 e. The van der Waals surface area contributed by atoms with E-state index in [1.165, 1.54) is 11.8 Å². The van der Waals surface area contributed by atoms with E-state index in [0.717, 1.165) is 41.6 Å². The van der Waals surface area contributed by atoms with Gasteiger partial charge in [0, 0.05) is 12.6 Å². The van der Waals surface area contributed by atoms with E-state index in [-0.39, 0.29) is 23.5 Å². The number of sulfonamides is 1. The fraction of sp³-hybridized carbons (Fsp3) is 0.444. The Morgan fingerprint density at radius 3 is 2.65 bits per heavy atom. The summed E-state index contributed by atoms with van der Waals surface area (Å²) in [4.78, 5) is 12.2. The van der Waals surface area contributed by atoms with Crippen LogP contribution in [0.4, 0.5) is 0 Å². The number of aromatic nitrogens is 2. The first-order valence-electron chi connectivity index (χ1n) is 8.56. The first-order valence-corrected chi connectivity index (χ1v) is 10.0. The lowest BCUT2D eigenvalue weighted by molar-refractivity contribution is 0.401. The van der Waals surface area contributed by atoms with Gasteiger partial charge < -0.3 is 4.74 Å². The molecule has 0 fully saturated rings. The zero-order valence-electron chi connectivity index (χ0n) is 15.2. The Balaban J connectivity index is 1.76. The Bertz CT molecular complexity index is 996. The van der Waals surface area contributed by atoms with Crippen LogP contribution in [0.15, 0.2) is 27.9 Å². The number of hydrogen-bond donors (Lipinski definition) is 1.